The third kappa shape index (κ3) is 3.03. The molecule has 1 aromatic rings. The van der Waals surface area contributed by atoms with E-state index in [2.05, 4.69) is 21.8 Å². The van der Waals surface area contributed by atoms with Crippen molar-refractivity contribution >= 4 is 5.82 Å². The fourth-order valence-corrected chi connectivity index (χ4v) is 2.57. The van der Waals surface area contributed by atoms with Crippen molar-refractivity contribution in [2.24, 2.45) is 0 Å². The summed E-state index contributed by atoms with van der Waals surface area (Å²) in [5.41, 5.74) is 1.00. The van der Waals surface area contributed by atoms with E-state index in [-0.39, 0.29) is 6.10 Å². The molecule has 3 heterocycles. The minimum atomic E-state index is 0.145. The minimum absolute atomic E-state index is 0.145. The lowest BCUT2D eigenvalue weighted by molar-refractivity contribution is 0.0363. The van der Waals surface area contributed by atoms with Crippen molar-refractivity contribution < 1.29 is 9.47 Å². The second-order valence-corrected chi connectivity index (χ2v) is 4.83. The van der Waals surface area contributed by atoms with Gasteiger partial charge in [0.2, 0.25) is 0 Å². The smallest absolute Gasteiger partial charge is 0.183 e. The van der Waals surface area contributed by atoms with Gasteiger partial charge < -0.3 is 14.4 Å². The summed E-state index contributed by atoms with van der Waals surface area (Å²) in [6.07, 6.45) is 2.05. The van der Waals surface area contributed by atoms with Crippen LogP contribution in [-0.2, 0) is 11.2 Å². The van der Waals surface area contributed by atoms with Gasteiger partial charge in [-0.25, -0.2) is 9.97 Å². The van der Waals surface area contributed by atoms with Gasteiger partial charge in [0.25, 0.3) is 0 Å². The predicted molar refractivity (Wildman–Crippen MR) is 79.6 cm³/mol. The van der Waals surface area contributed by atoms with E-state index in [9.17, 15) is 0 Å². The Balaban J connectivity index is 0.000000704. The first kappa shape index (κ1) is 15.0. The maximum absolute atomic E-state index is 5.90. The molecule has 2 bridgehead atoms. The highest BCUT2D eigenvalue weighted by molar-refractivity contribution is 5.56. The van der Waals surface area contributed by atoms with Gasteiger partial charge in [0.05, 0.1) is 5.69 Å². The molecule has 3 rings (SSSR count). The van der Waals surface area contributed by atoms with Gasteiger partial charge in [-0.2, -0.15) is 0 Å². The second-order valence-electron chi connectivity index (χ2n) is 4.83. The van der Waals surface area contributed by atoms with Crippen molar-refractivity contribution in [2.45, 2.75) is 46.6 Å². The van der Waals surface area contributed by atoms with Crippen LogP contribution >= 0.6 is 0 Å². The van der Waals surface area contributed by atoms with Crippen molar-refractivity contribution in [2.75, 3.05) is 31.2 Å². The summed E-state index contributed by atoms with van der Waals surface area (Å²) < 4.78 is 11.7. The number of ether oxygens (including phenoxy) is 2. The van der Waals surface area contributed by atoms with Crippen LogP contribution in [0.1, 0.15) is 38.7 Å². The molecule has 0 amide bonds. The van der Waals surface area contributed by atoms with Gasteiger partial charge in [-0.3, -0.25) is 0 Å². The quantitative estimate of drug-likeness (QED) is 0.790. The van der Waals surface area contributed by atoms with Gasteiger partial charge in [-0.15, -0.1) is 0 Å². The lowest BCUT2D eigenvalue weighted by Gasteiger charge is -2.22. The average Bonchev–Trinajstić information content (AvgIpc) is 2.81. The summed E-state index contributed by atoms with van der Waals surface area (Å²) in [7, 11) is 0. The molecule has 112 valence electrons. The molecular formula is C15H25N3O2. The molecule has 1 atom stereocenters. The van der Waals surface area contributed by atoms with Crippen LogP contribution in [0.25, 0.3) is 0 Å². The summed E-state index contributed by atoms with van der Waals surface area (Å²) in [6, 6.07) is 0. The number of aromatic nitrogens is 2. The van der Waals surface area contributed by atoms with Crippen LogP contribution in [-0.4, -0.2) is 42.4 Å². The van der Waals surface area contributed by atoms with Crippen LogP contribution in [0.2, 0.25) is 0 Å². The molecule has 0 saturated carbocycles. The molecule has 2 aliphatic heterocycles. The standard InChI is InChI=1S/C13H19N3O2.C2H6/c1-3-11-12-13(15-9(2)14-11)16-5-4-6-17-10(7-16)8-18-12;1-2/h10H,3-8H2,1-2H3;1-2H3. The Labute approximate surface area is 121 Å². The van der Waals surface area contributed by atoms with Crippen LogP contribution in [0.15, 0.2) is 0 Å². The minimum Gasteiger partial charge on any atom is -0.485 e. The fraction of sp³-hybridized carbons (Fsp3) is 0.733. The summed E-state index contributed by atoms with van der Waals surface area (Å²) in [5.74, 6) is 2.63. The van der Waals surface area contributed by atoms with Crippen LogP contribution in [0.3, 0.4) is 0 Å². The molecule has 2 aliphatic rings. The van der Waals surface area contributed by atoms with E-state index in [4.69, 9.17) is 9.47 Å². The highest BCUT2D eigenvalue weighted by Gasteiger charge is 2.28. The number of nitrogens with zero attached hydrogens (tertiary/aromatic N) is 3. The molecule has 0 spiro atoms. The predicted octanol–water partition coefficient (Wildman–Crippen LogP) is 2.36. The lowest BCUT2D eigenvalue weighted by atomic mass is 10.2. The summed E-state index contributed by atoms with van der Waals surface area (Å²) in [6.45, 7) is 11.3. The van der Waals surface area contributed by atoms with E-state index >= 15 is 0 Å². The number of hydrogen-bond acceptors (Lipinski definition) is 5. The largest absolute Gasteiger partial charge is 0.485 e. The van der Waals surface area contributed by atoms with Gasteiger partial charge >= 0.3 is 0 Å². The number of anilines is 1. The zero-order valence-electron chi connectivity index (χ0n) is 13.0. The van der Waals surface area contributed by atoms with Gasteiger partial charge in [-0.1, -0.05) is 20.8 Å². The van der Waals surface area contributed by atoms with Crippen LogP contribution in [0.4, 0.5) is 5.82 Å². The first-order chi connectivity index (χ1) is 9.78. The van der Waals surface area contributed by atoms with Crippen LogP contribution < -0.4 is 9.64 Å². The highest BCUT2D eigenvalue weighted by atomic mass is 16.5. The molecule has 1 saturated heterocycles. The first-order valence-electron chi connectivity index (χ1n) is 7.64. The zero-order valence-corrected chi connectivity index (χ0v) is 13.0. The molecule has 0 N–H and O–H groups in total. The van der Waals surface area contributed by atoms with Crippen molar-refractivity contribution in [3.05, 3.63) is 11.5 Å². The number of rotatable bonds is 1. The molecule has 20 heavy (non-hydrogen) atoms. The molecule has 0 aromatic carbocycles. The normalized spacial score (nSPS) is 20.8. The summed E-state index contributed by atoms with van der Waals surface area (Å²) >= 11 is 0. The van der Waals surface area contributed by atoms with E-state index < -0.39 is 0 Å². The van der Waals surface area contributed by atoms with E-state index in [1.807, 2.05) is 20.8 Å². The Kier molecular flexibility index (Phi) is 5.17. The zero-order chi connectivity index (χ0) is 14.5. The molecule has 5 nitrogen and oxygen atoms in total. The Morgan fingerprint density at radius 2 is 2.10 bits per heavy atom. The Morgan fingerprint density at radius 3 is 2.85 bits per heavy atom. The van der Waals surface area contributed by atoms with Crippen molar-refractivity contribution in [1.82, 2.24) is 9.97 Å². The third-order valence-electron chi connectivity index (χ3n) is 3.43. The van der Waals surface area contributed by atoms with Crippen molar-refractivity contribution in [3.63, 3.8) is 0 Å². The number of fused-ring (bicyclic) bond motifs is 4. The second kappa shape index (κ2) is 6.88. The molecule has 0 aliphatic carbocycles. The van der Waals surface area contributed by atoms with Crippen molar-refractivity contribution in [3.8, 4) is 5.75 Å². The Morgan fingerprint density at radius 1 is 1.30 bits per heavy atom. The van der Waals surface area contributed by atoms with Gasteiger partial charge in [0.1, 0.15) is 18.5 Å². The molecule has 0 radical (unpaired) electrons. The highest BCUT2D eigenvalue weighted by Crippen LogP contribution is 2.33. The maximum Gasteiger partial charge on any atom is 0.183 e. The molecule has 1 fully saturated rings. The number of aryl methyl sites for hydroxylation is 2. The van der Waals surface area contributed by atoms with Gasteiger partial charge in [0, 0.05) is 19.7 Å². The number of hydrogen-bond donors (Lipinski definition) is 0. The fourth-order valence-electron chi connectivity index (χ4n) is 2.57. The lowest BCUT2D eigenvalue weighted by Crippen LogP contribution is -2.32. The molecule has 1 aromatic heterocycles. The van der Waals surface area contributed by atoms with E-state index in [1.54, 1.807) is 0 Å². The summed E-state index contributed by atoms with van der Waals surface area (Å²) in [5, 5.41) is 0. The van der Waals surface area contributed by atoms with E-state index in [0.717, 1.165) is 55.6 Å². The monoisotopic (exact) mass is 279 g/mol. The molecule has 1 unspecified atom stereocenters. The van der Waals surface area contributed by atoms with Gasteiger partial charge in [-0.05, 0) is 19.8 Å². The SMILES string of the molecule is CC.CCc1nc(C)nc2c1OCC1CN2CCCO1. The Bertz CT molecular complexity index is 451. The van der Waals surface area contributed by atoms with E-state index in [0.29, 0.717) is 6.61 Å². The first-order valence-corrected chi connectivity index (χ1v) is 7.64. The summed E-state index contributed by atoms with van der Waals surface area (Å²) in [4.78, 5) is 11.3. The maximum atomic E-state index is 5.90. The van der Waals surface area contributed by atoms with Crippen LogP contribution in [0, 0.1) is 6.92 Å². The van der Waals surface area contributed by atoms with Gasteiger partial charge in [0.15, 0.2) is 11.6 Å². The third-order valence-corrected chi connectivity index (χ3v) is 3.43. The Hall–Kier alpha value is -1.36. The molecule has 5 heteroatoms. The average molecular weight is 279 g/mol. The van der Waals surface area contributed by atoms with E-state index in [1.165, 1.54) is 0 Å². The molecular weight excluding hydrogens is 254 g/mol. The van der Waals surface area contributed by atoms with Crippen LogP contribution in [0.5, 0.6) is 5.75 Å². The van der Waals surface area contributed by atoms with Crippen molar-refractivity contribution in [1.29, 1.82) is 0 Å². The topological polar surface area (TPSA) is 47.5 Å².